The number of carbonyl (C=O) groups excluding carboxylic acids is 1. The standard InChI is InChI=1S/C18H12BrClN2O4/c1-24-15-3-2-12(20)6-14(15)22-18(23)11(8-21)4-10-5-16-17(7-13(10)19)26-9-25-16/h2-7H,9H2,1H3,(H,22,23). The average molecular weight is 436 g/mol. The number of amides is 1. The van der Waals surface area contributed by atoms with Gasteiger partial charge >= 0.3 is 0 Å². The average Bonchev–Trinajstić information content (AvgIpc) is 3.06. The monoisotopic (exact) mass is 434 g/mol. The van der Waals surface area contributed by atoms with Gasteiger partial charge < -0.3 is 19.5 Å². The summed E-state index contributed by atoms with van der Waals surface area (Å²) in [5.74, 6) is 0.997. The Hall–Kier alpha value is -2.69. The molecule has 1 aliphatic rings. The highest BCUT2D eigenvalue weighted by Gasteiger charge is 2.18. The fourth-order valence-electron chi connectivity index (χ4n) is 2.32. The lowest BCUT2D eigenvalue weighted by Gasteiger charge is -2.10. The minimum absolute atomic E-state index is 0.0911. The molecule has 1 aliphatic heterocycles. The van der Waals surface area contributed by atoms with Gasteiger partial charge in [0.05, 0.1) is 12.8 Å². The first kappa shape index (κ1) is 18.1. The van der Waals surface area contributed by atoms with Crippen molar-refractivity contribution in [1.29, 1.82) is 5.26 Å². The smallest absolute Gasteiger partial charge is 0.266 e. The van der Waals surface area contributed by atoms with Crippen molar-refractivity contribution < 1.29 is 19.0 Å². The minimum Gasteiger partial charge on any atom is -0.495 e. The van der Waals surface area contributed by atoms with Crippen LogP contribution in [0.3, 0.4) is 0 Å². The molecule has 2 aromatic rings. The highest BCUT2D eigenvalue weighted by atomic mass is 79.9. The molecule has 2 aromatic carbocycles. The van der Waals surface area contributed by atoms with E-state index in [0.717, 1.165) is 0 Å². The predicted molar refractivity (Wildman–Crippen MR) is 100 cm³/mol. The van der Waals surface area contributed by atoms with Crippen LogP contribution in [0.25, 0.3) is 6.08 Å². The van der Waals surface area contributed by atoms with Crippen molar-refractivity contribution >= 4 is 45.2 Å². The van der Waals surface area contributed by atoms with E-state index in [0.29, 0.717) is 38.0 Å². The zero-order valence-electron chi connectivity index (χ0n) is 13.5. The van der Waals surface area contributed by atoms with Gasteiger partial charge in [-0.25, -0.2) is 0 Å². The Morgan fingerprint density at radius 2 is 2.08 bits per heavy atom. The molecule has 26 heavy (non-hydrogen) atoms. The Labute approximate surface area is 163 Å². The molecule has 6 nitrogen and oxygen atoms in total. The molecule has 0 spiro atoms. The van der Waals surface area contributed by atoms with Crippen LogP contribution >= 0.6 is 27.5 Å². The van der Waals surface area contributed by atoms with Crippen LogP contribution in [-0.4, -0.2) is 19.8 Å². The van der Waals surface area contributed by atoms with Crippen LogP contribution in [0.1, 0.15) is 5.56 Å². The molecule has 3 rings (SSSR count). The summed E-state index contributed by atoms with van der Waals surface area (Å²) in [4.78, 5) is 12.5. The zero-order valence-corrected chi connectivity index (χ0v) is 15.8. The van der Waals surface area contributed by atoms with Gasteiger partial charge in [-0.1, -0.05) is 27.5 Å². The van der Waals surface area contributed by atoms with Gasteiger partial charge in [0.15, 0.2) is 11.5 Å². The number of hydrogen-bond donors (Lipinski definition) is 1. The van der Waals surface area contributed by atoms with E-state index in [9.17, 15) is 10.1 Å². The Morgan fingerprint density at radius 3 is 2.77 bits per heavy atom. The number of benzene rings is 2. The number of ether oxygens (including phenoxy) is 3. The molecule has 0 saturated carbocycles. The number of rotatable bonds is 4. The second kappa shape index (κ2) is 7.68. The summed E-state index contributed by atoms with van der Waals surface area (Å²) in [6, 6.07) is 10.1. The van der Waals surface area contributed by atoms with Crippen molar-refractivity contribution in [1.82, 2.24) is 0 Å². The van der Waals surface area contributed by atoms with Crippen LogP contribution in [0.4, 0.5) is 5.69 Å². The lowest BCUT2D eigenvalue weighted by Crippen LogP contribution is -2.14. The van der Waals surface area contributed by atoms with Crippen molar-refractivity contribution in [2.24, 2.45) is 0 Å². The molecule has 1 heterocycles. The van der Waals surface area contributed by atoms with Gasteiger partial charge in [-0.05, 0) is 42.0 Å². The molecular weight excluding hydrogens is 424 g/mol. The molecule has 0 atom stereocenters. The van der Waals surface area contributed by atoms with E-state index < -0.39 is 5.91 Å². The third-order valence-corrected chi connectivity index (χ3v) is 4.49. The fraction of sp³-hybridized carbons (Fsp3) is 0.111. The van der Waals surface area contributed by atoms with Crippen LogP contribution in [0.2, 0.25) is 5.02 Å². The lowest BCUT2D eigenvalue weighted by molar-refractivity contribution is -0.112. The summed E-state index contributed by atoms with van der Waals surface area (Å²) in [7, 11) is 1.48. The Balaban J connectivity index is 1.90. The number of nitrogens with zero attached hydrogens (tertiary/aromatic N) is 1. The molecule has 0 unspecified atom stereocenters. The minimum atomic E-state index is -0.586. The third-order valence-electron chi connectivity index (χ3n) is 3.57. The van der Waals surface area contributed by atoms with Crippen LogP contribution in [0, 0.1) is 11.3 Å². The molecule has 132 valence electrons. The van der Waals surface area contributed by atoms with Gasteiger partial charge in [-0.2, -0.15) is 5.26 Å². The predicted octanol–water partition coefficient (Wildman–Crippen LogP) is 4.39. The van der Waals surface area contributed by atoms with E-state index in [-0.39, 0.29) is 12.4 Å². The molecule has 1 amide bonds. The maximum atomic E-state index is 12.5. The molecule has 0 bridgehead atoms. The second-order valence-electron chi connectivity index (χ2n) is 5.20. The van der Waals surface area contributed by atoms with Crippen molar-refractivity contribution in [3.05, 3.63) is 51.0 Å². The first-order valence-electron chi connectivity index (χ1n) is 7.37. The summed E-state index contributed by atoms with van der Waals surface area (Å²) in [6.45, 7) is 0.134. The SMILES string of the molecule is COc1ccc(Cl)cc1NC(=O)C(C#N)=Cc1cc2c(cc1Br)OCO2. The van der Waals surface area contributed by atoms with E-state index in [1.54, 1.807) is 30.3 Å². The van der Waals surface area contributed by atoms with Crippen molar-refractivity contribution in [3.8, 4) is 23.3 Å². The fourth-order valence-corrected chi connectivity index (χ4v) is 2.92. The van der Waals surface area contributed by atoms with Gasteiger partial charge in [-0.3, -0.25) is 4.79 Å². The first-order valence-corrected chi connectivity index (χ1v) is 8.54. The molecule has 0 fully saturated rings. The quantitative estimate of drug-likeness (QED) is 0.569. The summed E-state index contributed by atoms with van der Waals surface area (Å²) in [5, 5.41) is 12.5. The number of nitrogens with one attached hydrogen (secondary N) is 1. The normalized spacial score (nSPS) is 12.5. The van der Waals surface area contributed by atoms with Crippen LogP contribution < -0.4 is 19.5 Å². The Bertz CT molecular complexity index is 953. The van der Waals surface area contributed by atoms with E-state index in [4.69, 9.17) is 25.8 Å². The maximum absolute atomic E-state index is 12.5. The third kappa shape index (κ3) is 3.77. The molecule has 0 saturated heterocycles. The molecule has 0 aliphatic carbocycles. The lowest BCUT2D eigenvalue weighted by atomic mass is 10.1. The number of anilines is 1. The topological polar surface area (TPSA) is 80.6 Å². The number of hydrogen-bond acceptors (Lipinski definition) is 5. The van der Waals surface area contributed by atoms with E-state index in [1.165, 1.54) is 13.2 Å². The number of fused-ring (bicyclic) bond motifs is 1. The molecule has 8 heteroatoms. The zero-order chi connectivity index (χ0) is 18.7. The molecule has 0 radical (unpaired) electrons. The van der Waals surface area contributed by atoms with Crippen molar-refractivity contribution in [2.45, 2.75) is 0 Å². The van der Waals surface area contributed by atoms with Crippen LogP contribution in [-0.2, 0) is 4.79 Å². The second-order valence-corrected chi connectivity index (χ2v) is 6.49. The number of methoxy groups -OCH3 is 1. The number of nitriles is 1. The largest absolute Gasteiger partial charge is 0.495 e. The first-order chi connectivity index (χ1) is 12.5. The summed E-state index contributed by atoms with van der Waals surface area (Å²) >= 11 is 9.35. The van der Waals surface area contributed by atoms with E-state index in [1.807, 2.05) is 6.07 Å². The van der Waals surface area contributed by atoms with Crippen LogP contribution in [0.15, 0.2) is 40.4 Å². The summed E-state index contributed by atoms with van der Waals surface area (Å²) in [5.41, 5.74) is 0.890. The highest BCUT2D eigenvalue weighted by molar-refractivity contribution is 9.10. The Morgan fingerprint density at radius 1 is 1.35 bits per heavy atom. The summed E-state index contributed by atoms with van der Waals surface area (Å²) < 4.78 is 16.5. The van der Waals surface area contributed by atoms with Gasteiger partial charge in [0.2, 0.25) is 6.79 Å². The maximum Gasteiger partial charge on any atom is 0.266 e. The number of halogens is 2. The van der Waals surface area contributed by atoms with E-state index in [2.05, 4.69) is 21.2 Å². The van der Waals surface area contributed by atoms with Gasteiger partial charge in [0.25, 0.3) is 5.91 Å². The molecule has 1 N–H and O–H groups in total. The Kier molecular flexibility index (Phi) is 5.35. The number of carbonyl (C=O) groups is 1. The highest BCUT2D eigenvalue weighted by Crippen LogP contribution is 2.37. The van der Waals surface area contributed by atoms with Gasteiger partial charge in [0, 0.05) is 9.50 Å². The van der Waals surface area contributed by atoms with Crippen molar-refractivity contribution in [3.63, 3.8) is 0 Å². The van der Waals surface area contributed by atoms with Gasteiger partial charge in [0.1, 0.15) is 17.4 Å². The van der Waals surface area contributed by atoms with Crippen LogP contribution in [0.5, 0.6) is 17.2 Å². The molecular formula is C18H12BrClN2O4. The van der Waals surface area contributed by atoms with E-state index >= 15 is 0 Å². The summed E-state index contributed by atoms with van der Waals surface area (Å²) in [6.07, 6.45) is 1.46. The van der Waals surface area contributed by atoms with Crippen molar-refractivity contribution in [2.75, 3.05) is 19.2 Å². The molecule has 0 aromatic heterocycles. The van der Waals surface area contributed by atoms with Gasteiger partial charge in [-0.15, -0.1) is 0 Å².